The number of nitrogens with two attached hydrogens (primary N) is 1. The highest BCUT2D eigenvalue weighted by Crippen LogP contribution is 2.13. The summed E-state index contributed by atoms with van der Waals surface area (Å²) in [6.07, 6.45) is -2.20. The Balaban J connectivity index is 2.64. The fraction of sp³-hybridized carbons (Fsp3) is 1.00. The summed E-state index contributed by atoms with van der Waals surface area (Å²) in [5.74, 6) is 0. The number of rotatable bonds is 1. The number of aliphatic hydroxyl groups excluding tert-OH is 3. The van der Waals surface area contributed by atoms with Crippen molar-refractivity contribution in [1.29, 1.82) is 0 Å². The van der Waals surface area contributed by atoms with Crippen LogP contribution in [0.25, 0.3) is 0 Å². The molecule has 11 heavy (non-hydrogen) atoms. The van der Waals surface area contributed by atoms with Gasteiger partial charge in [0.1, 0.15) is 25.3 Å². The number of aliphatic hydroxyl groups is 4. The summed E-state index contributed by atoms with van der Waals surface area (Å²) < 4.78 is 0. The molecule has 1 heterocycles. The van der Waals surface area contributed by atoms with E-state index in [1.54, 1.807) is 5.32 Å². The molecule has 0 aromatic rings. The third kappa shape index (κ3) is 1.52. The predicted molar refractivity (Wildman–Crippen MR) is 35.7 cm³/mol. The number of quaternary nitrogens is 1. The third-order valence-electron chi connectivity index (χ3n) is 2.09. The first-order chi connectivity index (χ1) is 5.10. The van der Waals surface area contributed by atoms with Gasteiger partial charge >= 0.3 is 0 Å². The van der Waals surface area contributed by atoms with Gasteiger partial charge in [0.2, 0.25) is 0 Å². The van der Waals surface area contributed by atoms with E-state index in [0.717, 1.165) is 0 Å². The molecule has 0 aromatic carbocycles. The molecule has 0 unspecified atom stereocenters. The number of piperidine rings is 1. The lowest BCUT2D eigenvalue weighted by Crippen LogP contribution is -2.96. The lowest BCUT2D eigenvalue weighted by molar-refractivity contribution is -0.689. The summed E-state index contributed by atoms with van der Waals surface area (Å²) in [5.41, 5.74) is -1.54. The molecule has 3 atom stereocenters. The van der Waals surface area contributed by atoms with Crippen molar-refractivity contribution in [3.63, 3.8) is 0 Å². The van der Waals surface area contributed by atoms with E-state index in [2.05, 4.69) is 0 Å². The van der Waals surface area contributed by atoms with Crippen LogP contribution in [0.15, 0.2) is 0 Å². The monoisotopic (exact) mass is 164 g/mol. The number of hydrogen-bond acceptors (Lipinski definition) is 4. The molecule has 5 heteroatoms. The van der Waals surface area contributed by atoms with Gasteiger partial charge in [-0.15, -0.1) is 0 Å². The zero-order valence-corrected chi connectivity index (χ0v) is 6.14. The average Bonchev–Trinajstić information content (AvgIpc) is 2.00. The Bertz CT molecular complexity index is 143. The Morgan fingerprint density at radius 2 is 2.09 bits per heavy atom. The second kappa shape index (κ2) is 3.04. The second-order valence-electron chi connectivity index (χ2n) is 3.00. The van der Waals surface area contributed by atoms with Crippen molar-refractivity contribution in [2.45, 2.75) is 17.8 Å². The molecule has 0 aliphatic carbocycles. The molecule has 0 aromatic heterocycles. The smallest absolute Gasteiger partial charge is 0.165 e. The summed E-state index contributed by atoms with van der Waals surface area (Å²) in [7, 11) is 0. The molecule has 1 rings (SSSR count). The Morgan fingerprint density at radius 1 is 1.45 bits per heavy atom. The van der Waals surface area contributed by atoms with Gasteiger partial charge in [-0.2, -0.15) is 0 Å². The number of hydrogen-bond donors (Lipinski definition) is 5. The molecule has 1 saturated heterocycles. The van der Waals surface area contributed by atoms with Gasteiger partial charge < -0.3 is 25.7 Å². The highest BCUT2D eigenvalue weighted by atomic mass is 16.4. The molecular weight excluding hydrogens is 150 g/mol. The Kier molecular flexibility index (Phi) is 2.46. The van der Waals surface area contributed by atoms with Crippen LogP contribution in [0.4, 0.5) is 0 Å². The van der Waals surface area contributed by atoms with Crippen LogP contribution >= 0.6 is 0 Å². The maximum atomic E-state index is 9.43. The van der Waals surface area contributed by atoms with E-state index in [-0.39, 0.29) is 6.54 Å². The summed E-state index contributed by atoms with van der Waals surface area (Å²) in [6.45, 7) is 0.0624. The van der Waals surface area contributed by atoms with E-state index in [9.17, 15) is 10.2 Å². The van der Waals surface area contributed by atoms with Crippen LogP contribution in [-0.2, 0) is 0 Å². The third-order valence-corrected chi connectivity index (χ3v) is 2.09. The topological polar surface area (TPSA) is 97.5 Å². The van der Waals surface area contributed by atoms with Crippen molar-refractivity contribution < 1.29 is 25.7 Å². The molecule has 0 saturated carbocycles. The zero-order chi connectivity index (χ0) is 8.48. The van der Waals surface area contributed by atoms with Crippen LogP contribution in [0.3, 0.4) is 0 Å². The predicted octanol–water partition coefficient (Wildman–Crippen LogP) is -3.99. The fourth-order valence-corrected chi connectivity index (χ4v) is 1.27. The van der Waals surface area contributed by atoms with Gasteiger partial charge in [0.15, 0.2) is 5.60 Å². The summed E-state index contributed by atoms with van der Waals surface area (Å²) >= 11 is 0. The van der Waals surface area contributed by atoms with Crippen LogP contribution in [0.2, 0.25) is 0 Å². The molecule has 66 valence electrons. The maximum absolute atomic E-state index is 9.43. The van der Waals surface area contributed by atoms with Gasteiger partial charge in [0.05, 0.1) is 6.61 Å². The summed E-state index contributed by atoms with van der Waals surface area (Å²) in [5, 5.41) is 38.1. The minimum absolute atomic E-state index is 0.224. The first-order valence-corrected chi connectivity index (χ1v) is 3.61. The van der Waals surface area contributed by atoms with Crippen molar-refractivity contribution in [2.75, 3.05) is 19.7 Å². The lowest BCUT2D eigenvalue weighted by atomic mass is 9.90. The Morgan fingerprint density at radius 3 is 2.55 bits per heavy atom. The minimum atomic E-state index is -1.54. The Labute approximate surface area is 64.3 Å². The van der Waals surface area contributed by atoms with Crippen LogP contribution in [0.5, 0.6) is 0 Å². The standard InChI is InChI=1S/C6H13NO4/c8-3-6(11)2-7-1-4(9)5(6)10/h4-5,7-11H,1-3H2/p+1/t4-,5+,6-/m1/s1. The molecule has 0 bridgehead atoms. The molecule has 5 nitrogen and oxygen atoms in total. The zero-order valence-electron chi connectivity index (χ0n) is 6.14. The van der Waals surface area contributed by atoms with Crippen molar-refractivity contribution >= 4 is 0 Å². The quantitative estimate of drug-likeness (QED) is 0.273. The molecule has 1 aliphatic rings. The molecule has 0 spiro atoms. The van der Waals surface area contributed by atoms with Gasteiger partial charge in [-0.25, -0.2) is 0 Å². The van der Waals surface area contributed by atoms with Crippen molar-refractivity contribution in [2.24, 2.45) is 0 Å². The lowest BCUT2D eigenvalue weighted by Gasteiger charge is -2.35. The van der Waals surface area contributed by atoms with Gasteiger partial charge in [-0.1, -0.05) is 0 Å². The van der Waals surface area contributed by atoms with Gasteiger partial charge in [-0.05, 0) is 0 Å². The average molecular weight is 164 g/mol. The minimum Gasteiger partial charge on any atom is -0.393 e. The van der Waals surface area contributed by atoms with Crippen molar-refractivity contribution in [3.8, 4) is 0 Å². The van der Waals surface area contributed by atoms with Crippen LogP contribution < -0.4 is 5.32 Å². The molecule has 1 aliphatic heterocycles. The first kappa shape index (κ1) is 8.89. The molecule has 0 radical (unpaired) electrons. The van der Waals surface area contributed by atoms with E-state index >= 15 is 0 Å². The van der Waals surface area contributed by atoms with E-state index in [4.69, 9.17) is 10.2 Å². The second-order valence-corrected chi connectivity index (χ2v) is 3.00. The normalized spacial score (nSPS) is 45.8. The van der Waals surface area contributed by atoms with E-state index in [0.29, 0.717) is 6.54 Å². The van der Waals surface area contributed by atoms with Gasteiger partial charge in [0, 0.05) is 0 Å². The van der Waals surface area contributed by atoms with Crippen LogP contribution in [0.1, 0.15) is 0 Å². The first-order valence-electron chi connectivity index (χ1n) is 3.61. The van der Waals surface area contributed by atoms with Crippen molar-refractivity contribution in [3.05, 3.63) is 0 Å². The van der Waals surface area contributed by atoms with E-state index in [1.807, 2.05) is 0 Å². The van der Waals surface area contributed by atoms with Crippen LogP contribution in [0, 0.1) is 0 Å². The highest BCUT2D eigenvalue weighted by Gasteiger charge is 2.45. The molecule has 1 fully saturated rings. The molecule has 6 N–H and O–H groups in total. The summed E-state index contributed by atoms with van der Waals surface area (Å²) in [6, 6.07) is 0. The fourth-order valence-electron chi connectivity index (χ4n) is 1.27. The van der Waals surface area contributed by atoms with Crippen molar-refractivity contribution in [1.82, 2.24) is 0 Å². The Hall–Kier alpha value is -0.200. The van der Waals surface area contributed by atoms with E-state index < -0.39 is 24.4 Å². The van der Waals surface area contributed by atoms with Gasteiger partial charge in [0.25, 0.3) is 0 Å². The molecular formula is C6H14NO4+. The molecule has 0 amide bonds. The maximum Gasteiger partial charge on any atom is 0.165 e. The SMILES string of the molecule is OC[C@]1(O)C[NH2+]C[C@@H](O)[C@@H]1O. The highest BCUT2D eigenvalue weighted by molar-refractivity contribution is 4.91. The largest absolute Gasteiger partial charge is 0.393 e. The van der Waals surface area contributed by atoms with Crippen LogP contribution in [-0.4, -0.2) is 57.9 Å². The van der Waals surface area contributed by atoms with Gasteiger partial charge in [-0.3, -0.25) is 0 Å². The van der Waals surface area contributed by atoms with E-state index in [1.165, 1.54) is 0 Å². The summed E-state index contributed by atoms with van der Waals surface area (Å²) in [4.78, 5) is 0.